The first-order valence-electron chi connectivity index (χ1n) is 6.47. The van der Waals surface area contributed by atoms with Crippen molar-refractivity contribution < 1.29 is 20.0 Å². The fourth-order valence-electron chi connectivity index (χ4n) is 3.92. The molecule has 0 bridgehead atoms. The normalized spacial score (nSPS) is 36.8. The van der Waals surface area contributed by atoms with E-state index in [1.54, 1.807) is 14.0 Å². The van der Waals surface area contributed by atoms with Gasteiger partial charge in [0.2, 0.25) is 0 Å². The van der Waals surface area contributed by atoms with Crippen molar-refractivity contribution in [2.45, 2.75) is 69.9 Å². The Labute approximate surface area is 108 Å². The van der Waals surface area contributed by atoms with E-state index in [2.05, 4.69) is 33.0 Å². The standard InChI is InChI=1S/C13H24N2O3/c1-10(2)7-13(8-11(3,4)14-10)12(5,17)15(6)9(16)18-13/h14,17H,7-8H2,1-6H3/p+1/t12-/m1/s1. The Morgan fingerprint density at radius 2 is 1.61 bits per heavy atom. The summed E-state index contributed by atoms with van der Waals surface area (Å²) in [5, 5.41) is 13.0. The molecule has 0 aromatic heterocycles. The first-order valence-corrected chi connectivity index (χ1v) is 6.47. The summed E-state index contributed by atoms with van der Waals surface area (Å²) in [7, 11) is 1.59. The van der Waals surface area contributed by atoms with Gasteiger partial charge in [0.05, 0.1) is 11.1 Å². The molecule has 2 fully saturated rings. The van der Waals surface area contributed by atoms with Crippen LogP contribution in [0.1, 0.15) is 47.5 Å². The van der Waals surface area contributed by atoms with E-state index in [1.807, 2.05) is 0 Å². The Kier molecular flexibility index (Phi) is 2.57. The predicted octanol–water partition coefficient (Wildman–Crippen LogP) is 0.430. The topological polar surface area (TPSA) is 66.4 Å². The summed E-state index contributed by atoms with van der Waals surface area (Å²) in [6, 6.07) is 0. The van der Waals surface area contributed by atoms with Crippen LogP contribution in [0.15, 0.2) is 0 Å². The highest BCUT2D eigenvalue weighted by atomic mass is 16.6. The maximum absolute atomic E-state index is 11.8. The molecule has 0 aliphatic carbocycles. The molecule has 0 saturated carbocycles. The maximum Gasteiger partial charge on any atom is 0.412 e. The minimum Gasteiger partial charge on any atom is -0.437 e. The SMILES string of the molecule is CN1C(=O)OC2(CC(C)(C)[NH2+]C(C)(C)C2)[C@@]1(C)O. The molecule has 0 aromatic carbocycles. The average Bonchev–Trinajstić information content (AvgIpc) is 2.22. The van der Waals surface area contributed by atoms with Crippen molar-refractivity contribution in [2.75, 3.05) is 7.05 Å². The quantitative estimate of drug-likeness (QED) is 0.661. The van der Waals surface area contributed by atoms with Crippen LogP contribution in [-0.2, 0) is 4.74 Å². The highest BCUT2D eigenvalue weighted by molar-refractivity contribution is 5.72. The minimum absolute atomic E-state index is 0.0722. The van der Waals surface area contributed by atoms with Crippen molar-refractivity contribution in [1.82, 2.24) is 4.90 Å². The van der Waals surface area contributed by atoms with Crippen LogP contribution in [-0.4, -0.2) is 45.6 Å². The summed E-state index contributed by atoms with van der Waals surface area (Å²) in [5.74, 6) is 0. The van der Waals surface area contributed by atoms with Gasteiger partial charge in [-0.1, -0.05) is 0 Å². The number of likely N-dealkylation sites (N-methyl/N-ethyl adjacent to an activating group) is 1. The molecule has 1 atom stereocenters. The van der Waals surface area contributed by atoms with Gasteiger partial charge in [-0.15, -0.1) is 0 Å². The molecule has 1 amide bonds. The zero-order valence-electron chi connectivity index (χ0n) is 12.2. The molecular weight excluding hydrogens is 232 g/mol. The van der Waals surface area contributed by atoms with Crippen molar-refractivity contribution in [2.24, 2.45) is 0 Å². The molecule has 2 aliphatic rings. The molecule has 5 heteroatoms. The number of nitrogens with zero attached hydrogens (tertiary/aromatic N) is 1. The van der Waals surface area contributed by atoms with Gasteiger partial charge >= 0.3 is 6.09 Å². The summed E-state index contributed by atoms with van der Waals surface area (Å²) in [6.07, 6.45) is 0.854. The van der Waals surface area contributed by atoms with Gasteiger partial charge in [0.25, 0.3) is 0 Å². The Balaban J connectivity index is 2.45. The van der Waals surface area contributed by atoms with E-state index in [9.17, 15) is 9.90 Å². The van der Waals surface area contributed by atoms with Gasteiger partial charge in [-0.05, 0) is 34.6 Å². The molecule has 0 unspecified atom stereocenters. The molecule has 1 spiro atoms. The lowest BCUT2D eigenvalue weighted by Gasteiger charge is -2.51. The molecule has 2 saturated heterocycles. The third kappa shape index (κ3) is 1.80. The van der Waals surface area contributed by atoms with Crippen LogP contribution in [0.5, 0.6) is 0 Å². The van der Waals surface area contributed by atoms with Crippen LogP contribution >= 0.6 is 0 Å². The smallest absolute Gasteiger partial charge is 0.412 e. The van der Waals surface area contributed by atoms with Crippen molar-refractivity contribution in [3.8, 4) is 0 Å². The fraction of sp³-hybridized carbons (Fsp3) is 0.923. The van der Waals surface area contributed by atoms with Gasteiger partial charge in [0, 0.05) is 19.9 Å². The van der Waals surface area contributed by atoms with Gasteiger partial charge in [-0.25, -0.2) is 4.79 Å². The number of carbonyl (C=O) groups excluding carboxylic acids is 1. The number of amides is 1. The molecule has 0 radical (unpaired) electrons. The lowest BCUT2D eigenvalue weighted by Crippen LogP contribution is -3.07. The van der Waals surface area contributed by atoms with E-state index < -0.39 is 17.4 Å². The molecule has 0 aromatic rings. The second kappa shape index (κ2) is 3.39. The summed E-state index contributed by atoms with van der Waals surface area (Å²) >= 11 is 0. The molecule has 5 nitrogen and oxygen atoms in total. The Hall–Kier alpha value is -0.810. The predicted molar refractivity (Wildman–Crippen MR) is 66.9 cm³/mol. The molecule has 104 valence electrons. The van der Waals surface area contributed by atoms with Crippen LogP contribution < -0.4 is 5.32 Å². The Bertz CT molecular complexity index is 372. The summed E-state index contributed by atoms with van der Waals surface area (Å²) in [5.41, 5.74) is -2.22. The number of piperidine rings is 1. The molecule has 18 heavy (non-hydrogen) atoms. The Morgan fingerprint density at radius 3 is 1.94 bits per heavy atom. The molecular formula is C13H25N2O3+. The lowest BCUT2D eigenvalue weighted by molar-refractivity contribution is -0.793. The third-order valence-corrected chi connectivity index (χ3v) is 4.34. The van der Waals surface area contributed by atoms with E-state index in [4.69, 9.17) is 4.74 Å². The molecule has 2 rings (SSSR count). The van der Waals surface area contributed by atoms with Crippen molar-refractivity contribution >= 4 is 6.09 Å². The summed E-state index contributed by atoms with van der Waals surface area (Å²) < 4.78 is 5.61. The van der Waals surface area contributed by atoms with Crippen LogP contribution in [0, 0.1) is 0 Å². The number of nitrogens with two attached hydrogens (primary N) is 1. The van der Waals surface area contributed by atoms with Gasteiger partial charge in [0.15, 0.2) is 11.3 Å². The molecule has 2 heterocycles. The largest absolute Gasteiger partial charge is 0.437 e. The monoisotopic (exact) mass is 257 g/mol. The summed E-state index contributed by atoms with van der Waals surface area (Å²) in [4.78, 5) is 13.1. The van der Waals surface area contributed by atoms with Crippen molar-refractivity contribution in [1.29, 1.82) is 0 Å². The van der Waals surface area contributed by atoms with Gasteiger partial charge < -0.3 is 15.2 Å². The zero-order valence-corrected chi connectivity index (χ0v) is 12.2. The van der Waals surface area contributed by atoms with E-state index in [0.29, 0.717) is 12.8 Å². The number of quaternary nitrogens is 1. The summed E-state index contributed by atoms with van der Waals surface area (Å²) in [6.45, 7) is 10.2. The maximum atomic E-state index is 11.8. The van der Waals surface area contributed by atoms with Crippen molar-refractivity contribution in [3.05, 3.63) is 0 Å². The fourth-order valence-corrected chi connectivity index (χ4v) is 3.92. The van der Waals surface area contributed by atoms with E-state index in [-0.39, 0.29) is 11.1 Å². The number of carbonyl (C=O) groups is 1. The Morgan fingerprint density at radius 1 is 1.17 bits per heavy atom. The zero-order chi connectivity index (χ0) is 14.0. The van der Waals surface area contributed by atoms with Gasteiger partial charge in [0.1, 0.15) is 0 Å². The van der Waals surface area contributed by atoms with E-state index in [0.717, 1.165) is 0 Å². The van der Waals surface area contributed by atoms with Crippen LogP contribution in [0.4, 0.5) is 4.79 Å². The number of hydrogen-bond donors (Lipinski definition) is 2. The number of hydrogen-bond acceptors (Lipinski definition) is 3. The highest BCUT2D eigenvalue weighted by Gasteiger charge is 2.67. The van der Waals surface area contributed by atoms with Crippen molar-refractivity contribution in [3.63, 3.8) is 0 Å². The van der Waals surface area contributed by atoms with E-state index >= 15 is 0 Å². The number of aliphatic hydroxyl groups is 1. The molecule has 3 N–H and O–H groups in total. The second-order valence-corrected chi connectivity index (χ2v) is 7.42. The highest BCUT2D eigenvalue weighted by Crippen LogP contribution is 2.47. The van der Waals surface area contributed by atoms with Crippen LogP contribution in [0.25, 0.3) is 0 Å². The molecule has 2 aliphatic heterocycles. The van der Waals surface area contributed by atoms with Gasteiger partial charge in [-0.2, -0.15) is 0 Å². The average molecular weight is 257 g/mol. The number of rotatable bonds is 0. The van der Waals surface area contributed by atoms with Crippen LogP contribution in [0.2, 0.25) is 0 Å². The first-order chi connectivity index (χ1) is 7.91. The minimum atomic E-state index is -1.26. The number of ether oxygens (including phenoxy) is 1. The second-order valence-electron chi connectivity index (χ2n) is 7.42. The lowest BCUT2D eigenvalue weighted by atomic mass is 9.68. The van der Waals surface area contributed by atoms with Gasteiger partial charge in [-0.3, -0.25) is 4.90 Å². The first kappa shape index (κ1) is 13.6. The van der Waals surface area contributed by atoms with Crippen LogP contribution in [0.3, 0.4) is 0 Å². The van der Waals surface area contributed by atoms with E-state index in [1.165, 1.54) is 4.90 Å². The third-order valence-electron chi connectivity index (χ3n) is 4.34.